The average molecular weight is 452 g/mol. The first kappa shape index (κ1) is 21.0. The molecule has 0 aliphatic heterocycles. The van der Waals surface area contributed by atoms with Crippen molar-refractivity contribution >= 4 is 17.3 Å². The first-order valence-corrected chi connectivity index (χ1v) is 10.3. The van der Waals surface area contributed by atoms with E-state index in [1.807, 2.05) is 18.2 Å². The number of hydrogen-bond acceptors (Lipinski definition) is 5. The molecule has 0 heterocycles. The monoisotopic (exact) mass is 452 g/mol. The van der Waals surface area contributed by atoms with Gasteiger partial charge in [0, 0.05) is 24.3 Å². The van der Waals surface area contributed by atoms with Gasteiger partial charge in [-0.3, -0.25) is 20.2 Å². The lowest BCUT2D eigenvalue weighted by Gasteiger charge is -2.34. The normalized spacial score (nSPS) is 13.1. The maximum absolute atomic E-state index is 12.4. The molecule has 1 aliphatic rings. The molecule has 1 N–H and O–H groups in total. The highest BCUT2D eigenvalue weighted by molar-refractivity contribution is 5.98. The lowest BCUT2D eigenvalue weighted by molar-refractivity contribution is -0.385. The molecule has 8 nitrogen and oxygen atoms in total. The number of nitro groups is 2. The third-order valence-corrected chi connectivity index (χ3v) is 6.27. The molecule has 1 aliphatic carbocycles. The number of fused-ring (bicyclic) bond motifs is 3. The summed E-state index contributed by atoms with van der Waals surface area (Å²) in [5, 5.41) is 33.4. The molecule has 0 spiro atoms. The molecule has 0 saturated heterocycles. The summed E-state index contributed by atoms with van der Waals surface area (Å²) >= 11 is 0. The van der Waals surface area contributed by atoms with E-state index in [0.29, 0.717) is 27.8 Å². The van der Waals surface area contributed by atoms with Crippen LogP contribution in [0.1, 0.15) is 32.6 Å². The van der Waals surface area contributed by atoms with Crippen LogP contribution in [0.5, 0.6) is 0 Å². The lowest BCUT2D eigenvalue weighted by Crippen LogP contribution is -2.30. The van der Waals surface area contributed by atoms with Crippen molar-refractivity contribution in [2.75, 3.05) is 0 Å². The fraction of sp³-hybridized carbons (Fsp3) is 0.0385. The first-order chi connectivity index (χ1) is 16.4. The topological polar surface area (TPSA) is 124 Å². The van der Waals surface area contributed by atoms with Crippen molar-refractivity contribution in [3.8, 4) is 11.1 Å². The Hall–Kier alpha value is -4.85. The summed E-state index contributed by atoms with van der Waals surface area (Å²) in [6.45, 7) is 0. The number of non-ortho nitro benzene ring substituents is 2. The summed E-state index contributed by atoms with van der Waals surface area (Å²) < 4.78 is 0. The van der Waals surface area contributed by atoms with Crippen LogP contribution in [0.2, 0.25) is 0 Å². The molecule has 0 fully saturated rings. The molecule has 0 aromatic heterocycles. The number of nitrogens with zero attached hydrogens (tertiary/aromatic N) is 2. The highest BCUT2D eigenvalue weighted by Gasteiger charge is 2.49. The minimum absolute atomic E-state index is 0.0201. The van der Waals surface area contributed by atoms with Crippen molar-refractivity contribution in [2.24, 2.45) is 0 Å². The predicted octanol–water partition coefficient (Wildman–Crippen LogP) is 5.56. The van der Waals surface area contributed by atoms with E-state index in [4.69, 9.17) is 0 Å². The molecule has 0 atom stereocenters. The zero-order chi connectivity index (χ0) is 24.0. The van der Waals surface area contributed by atoms with E-state index in [0.717, 1.165) is 5.56 Å². The fourth-order valence-corrected chi connectivity index (χ4v) is 5.01. The van der Waals surface area contributed by atoms with Crippen LogP contribution in [0.4, 0.5) is 11.4 Å². The molecule has 34 heavy (non-hydrogen) atoms. The summed E-state index contributed by atoms with van der Waals surface area (Å²) in [7, 11) is 0. The SMILES string of the molecule is O=C(O)c1cccc2c1C(c1cccc([N+](=O)[O-])c1)(c1cccc([N+](=O)[O-])c1)c1ccccc1-2. The minimum atomic E-state index is -1.32. The number of nitro benzene ring substituents is 2. The maximum atomic E-state index is 12.4. The molecule has 166 valence electrons. The van der Waals surface area contributed by atoms with Gasteiger partial charge in [0.15, 0.2) is 0 Å². The van der Waals surface area contributed by atoms with Crippen LogP contribution in [0, 0.1) is 20.2 Å². The highest BCUT2D eigenvalue weighted by atomic mass is 16.6. The van der Waals surface area contributed by atoms with E-state index in [1.165, 1.54) is 42.5 Å². The Balaban J connectivity index is 2.02. The van der Waals surface area contributed by atoms with Crippen molar-refractivity contribution < 1.29 is 19.7 Å². The maximum Gasteiger partial charge on any atom is 0.336 e. The second kappa shape index (κ2) is 7.63. The summed E-state index contributed by atoms with van der Waals surface area (Å²) in [4.78, 5) is 34.6. The number of carboxylic acids is 1. The lowest BCUT2D eigenvalue weighted by atomic mass is 9.66. The summed E-state index contributed by atoms with van der Waals surface area (Å²) in [5.74, 6) is -1.16. The number of carbonyl (C=O) groups is 1. The summed E-state index contributed by atoms with van der Waals surface area (Å²) in [6.07, 6.45) is 0. The van der Waals surface area contributed by atoms with Gasteiger partial charge in [-0.25, -0.2) is 4.79 Å². The molecule has 0 amide bonds. The Kier molecular flexibility index (Phi) is 4.72. The van der Waals surface area contributed by atoms with Crippen LogP contribution in [0.25, 0.3) is 11.1 Å². The van der Waals surface area contributed by atoms with Gasteiger partial charge in [0.1, 0.15) is 0 Å². The second-order valence-corrected chi connectivity index (χ2v) is 7.94. The molecule has 0 saturated carbocycles. The van der Waals surface area contributed by atoms with Crippen LogP contribution in [-0.2, 0) is 5.41 Å². The van der Waals surface area contributed by atoms with E-state index >= 15 is 0 Å². The molecule has 0 unspecified atom stereocenters. The van der Waals surface area contributed by atoms with E-state index < -0.39 is 21.2 Å². The van der Waals surface area contributed by atoms with Gasteiger partial charge in [-0.1, -0.05) is 60.7 Å². The van der Waals surface area contributed by atoms with Gasteiger partial charge in [0.2, 0.25) is 0 Å². The number of carboxylic acid groups (broad SMARTS) is 1. The third kappa shape index (κ3) is 2.89. The van der Waals surface area contributed by atoms with Crippen molar-refractivity contribution in [1.82, 2.24) is 0 Å². The second-order valence-electron chi connectivity index (χ2n) is 7.94. The van der Waals surface area contributed by atoms with Crippen molar-refractivity contribution in [2.45, 2.75) is 5.41 Å². The highest BCUT2D eigenvalue weighted by Crippen LogP contribution is 2.57. The number of hydrogen-bond donors (Lipinski definition) is 1. The van der Waals surface area contributed by atoms with Crippen molar-refractivity contribution in [3.63, 3.8) is 0 Å². The molecule has 8 heteroatoms. The minimum Gasteiger partial charge on any atom is -0.478 e. The smallest absolute Gasteiger partial charge is 0.336 e. The van der Waals surface area contributed by atoms with Gasteiger partial charge >= 0.3 is 5.97 Å². The molecule has 0 radical (unpaired) electrons. The van der Waals surface area contributed by atoms with Gasteiger partial charge in [0.05, 0.1) is 20.8 Å². The zero-order valence-corrected chi connectivity index (χ0v) is 17.5. The van der Waals surface area contributed by atoms with E-state index in [-0.39, 0.29) is 16.9 Å². The first-order valence-electron chi connectivity index (χ1n) is 10.3. The van der Waals surface area contributed by atoms with Crippen LogP contribution in [0.15, 0.2) is 91.0 Å². The summed E-state index contributed by atoms with van der Waals surface area (Å²) in [5.41, 5.74) is 1.80. The quantitative estimate of drug-likeness (QED) is 0.275. The van der Waals surface area contributed by atoms with Gasteiger partial charge in [-0.05, 0) is 39.4 Å². The molecule has 4 aromatic rings. The largest absolute Gasteiger partial charge is 0.478 e. The number of aromatic carboxylic acids is 1. The third-order valence-electron chi connectivity index (χ3n) is 6.27. The Morgan fingerprint density at radius 1 is 0.706 bits per heavy atom. The molecule has 4 aromatic carbocycles. The average Bonchev–Trinajstić information content (AvgIpc) is 3.15. The van der Waals surface area contributed by atoms with Crippen molar-refractivity contribution in [1.29, 1.82) is 0 Å². The molecule has 5 rings (SSSR count). The standard InChI is InChI=1S/C26H16N2O6/c29-25(30)22-12-5-11-21-20-10-1-2-13-23(20)26(24(21)22,16-6-3-8-18(14-16)27(31)32)17-7-4-9-19(15-17)28(33)34/h1-15H,(H,29,30). The van der Waals surface area contributed by atoms with Crippen molar-refractivity contribution in [3.05, 3.63) is 139 Å². The number of benzene rings is 4. The molecular weight excluding hydrogens is 436 g/mol. The fourth-order valence-electron chi connectivity index (χ4n) is 5.01. The summed E-state index contributed by atoms with van der Waals surface area (Å²) in [6, 6.07) is 24.2. The van der Waals surface area contributed by atoms with E-state index in [2.05, 4.69) is 0 Å². The van der Waals surface area contributed by atoms with E-state index in [1.54, 1.807) is 30.3 Å². The number of rotatable bonds is 5. The predicted molar refractivity (Wildman–Crippen MR) is 124 cm³/mol. The van der Waals surface area contributed by atoms with Crippen LogP contribution >= 0.6 is 0 Å². The Bertz CT molecular complexity index is 1450. The Morgan fingerprint density at radius 2 is 1.24 bits per heavy atom. The Labute approximate surface area is 193 Å². The van der Waals surface area contributed by atoms with Gasteiger partial charge in [0.25, 0.3) is 11.4 Å². The zero-order valence-electron chi connectivity index (χ0n) is 17.5. The van der Waals surface area contributed by atoms with Crippen LogP contribution in [-0.4, -0.2) is 20.9 Å². The van der Waals surface area contributed by atoms with Crippen LogP contribution < -0.4 is 0 Å². The van der Waals surface area contributed by atoms with E-state index in [9.17, 15) is 30.1 Å². The Morgan fingerprint density at radius 3 is 1.79 bits per heavy atom. The van der Waals surface area contributed by atoms with Gasteiger partial charge in [-0.2, -0.15) is 0 Å². The van der Waals surface area contributed by atoms with Gasteiger partial charge < -0.3 is 5.11 Å². The molecule has 0 bridgehead atoms. The van der Waals surface area contributed by atoms with Gasteiger partial charge in [-0.15, -0.1) is 0 Å². The van der Waals surface area contributed by atoms with Crippen LogP contribution in [0.3, 0.4) is 0 Å². The molecular formula is C26H16N2O6.